The van der Waals surface area contributed by atoms with E-state index < -0.39 is 0 Å². The molecule has 0 aliphatic carbocycles. The zero-order chi connectivity index (χ0) is 16.3. The number of carbonyl (C=O) groups excluding carboxylic acids is 1. The zero-order valence-electron chi connectivity index (χ0n) is 13.8. The van der Waals surface area contributed by atoms with Crippen molar-refractivity contribution in [3.05, 3.63) is 35.0 Å². The molecule has 0 atom stereocenters. The number of H-pyrrole nitrogens is 1. The lowest BCUT2D eigenvalue weighted by Crippen LogP contribution is -2.39. The van der Waals surface area contributed by atoms with Gasteiger partial charge in [-0.1, -0.05) is 39.3 Å². The fraction of sp³-hybridized carbons (Fsp3) is 0.500. The van der Waals surface area contributed by atoms with Crippen LogP contribution < -0.4 is 5.32 Å². The van der Waals surface area contributed by atoms with Gasteiger partial charge >= 0.3 is 0 Å². The summed E-state index contributed by atoms with van der Waals surface area (Å²) in [7, 11) is 0. The average Bonchev–Trinajstić information content (AvgIpc) is 2.90. The molecular formula is C18H25ClN2O. The fourth-order valence-electron chi connectivity index (χ4n) is 2.86. The van der Waals surface area contributed by atoms with Gasteiger partial charge in [-0.15, -0.1) is 0 Å². The van der Waals surface area contributed by atoms with Gasteiger partial charge in [-0.25, -0.2) is 0 Å². The summed E-state index contributed by atoms with van der Waals surface area (Å²) in [5.74, 6) is 0.254. The number of aromatic amines is 1. The van der Waals surface area contributed by atoms with Crippen molar-refractivity contribution in [3.63, 3.8) is 0 Å². The molecule has 120 valence electrons. The van der Waals surface area contributed by atoms with Crippen LogP contribution in [0.15, 0.2) is 24.4 Å². The van der Waals surface area contributed by atoms with Crippen molar-refractivity contribution in [2.75, 3.05) is 6.54 Å². The summed E-state index contributed by atoms with van der Waals surface area (Å²) >= 11 is 6.12. The van der Waals surface area contributed by atoms with Gasteiger partial charge in [0.25, 0.3) is 0 Å². The van der Waals surface area contributed by atoms with Crippen LogP contribution >= 0.6 is 11.6 Å². The molecule has 1 heterocycles. The van der Waals surface area contributed by atoms with Crippen LogP contribution in [0.2, 0.25) is 5.02 Å². The lowest BCUT2D eigenvalue weighted by molar-refractivity contribution is -0.125. The molecule has 0 spiro atoms. The first-order valence-electron chi connectivity index (χ1n) is 7.93. The summed E-state index contributed by atoms with van der Waals surface area (Å²) in [5, 5.41) is 4.95. The van der Waals surface area contributed by atoms with E-state index in [4.69, 9.17) is 11.6 Å². The predicted octanol–water partition coefficient (Wildman–Crippen LogP) is 4.65. The predicted molar refractivity (Wildman–Crippen MR) is 93.4 cm³/mol. The first-order chi connectivity index (χ1) is 10.4. The van der Waals surface area contributed by atoms with Crippen LogP contribution in [0.4, 0.5) is 0 Å². The summed E-state index contributed by atoms with van der Waals surface area (Å²) < 4.78 is 0. The Balaban J connectivity index is 2.18. The fourth-order valence-corrected chi connectivity index (χ4v) is 3.03. The SMILES string of the molecule is CCC(CC)C(=O)NCC(C)(C)c1c[nH]c2ccc(Cl)cc12. The minimum absolute atomic E-state index is 0.105. The second-order valence-corrected chi connectivity index (χ2v) is 6.94. The summed E-state index contributed by atoms with van der Waals surface area (Å²) in [6, 6.07) is 5.85. The zero-order valence-corrected chi connectivity index (χ0v) is 14.6. The first-order valence-corrected chi connectivity index (χ1v) is 8.31. The number of hydrogen-bond acceptors (Lipinski definition) is 1. The molecule has 1 aromatic heterocycles. The van der Waals surface area contributed by atoms with Gasteiger partial charge in [0.05, 0.1) is 0 Å². The van der Waals surface area contributed by atoms with E-state index in [0.717, 1.165) is 28.8 Å². The Morgan fingerprint density at radius 2 is 2.00 bits per heavy atom. The Morgan fingerprint density at radius 3 is 2.64 bits per heavy atom. The van der Waals surface area contributed by atoms with Crippen molar-refractivity contribution in [2.45, 2.75) is 46.0 Å². The number of halogens is 1. The molecule has 0 bridgehead atoms. The highest BCUT2D eigenvalue weighted by molar-refractivity contribution is 6.31. The number of benzene rings is 1. The second kappa shape index (κ2) is 6.74. The van der Waals surface area contributed by atoms with E-state index in [1.807, 2.05) is 24.4 Å². The van der Waals surface area contributed by atoms with E-state index in [2.05, 4.69) is 38.0 Å². The first kappa shape index (κ1) is 16.9. The van der Waals surface area contributed by atoms with Crippen LogP contribution in [0, 0.1) is 5.92 Å². The second-order valence-electron chi connectivity index (χ2n) is 6.51. The molecule has 1 amide bonds. The van der Waals surface area contributed by atoms with E-state index in [-0.39, 0.29) is 17.2 Å². The molecule has 0 saturated carbocycles. The van der Waals surface area contributed by atoms with Gasteiger partial charge in [0.15, 0.2) is 0 Å². The van der Waals surface area contributed by atoms with Crippen LogP contribution in [0.5, 0.6) is 0 Å². The van der Waals surface area contributed by atoms with Crippen molar-refractivity contribution >= 4 is 28.4 Å². The van der Waals surface area contributed by atoms with Crippen LogP contribution in [0.1, 0.15) is 46.1 Å². The molecule has 2 rings (SSSR count). The Labute approximate surface area is 137 Å². The van der Waals surface area contributed by atoms with Gasteiger partial charge < -0.3 is 10.3 Å². The Hall–Kier alpha value is -1.48. The molecule has 0 aliphatic heterocycles. The third-order valence-corrected chi connectivity index (χ3v) is 4.67. The van der Waals surface area contributed by atoms with Crippen molar-refractivity contribution in [2.24, 2.45) is 5.92 Å². The van der Waals surface area contributed by atoms with Gasteiger partial charge in [-0.3, -0.25) is 4.79 Å². The van der Waals surface area contributed by atoms with E-state index >= 15 is 0 Å². The molecular weight excluding hydrogens is 296 g/mol. The molecule has 2 N–H and O–H groups in total. The molecule has 3 nitrogen and oxygen atoms in total. The van der Waals surface area contributed by atoms with Crippen molar-refractivity contribution in [1.29, 1.82) is 0 Å². The molecule has 0 fully saturated rings. The number of rotatable bonds is 6. The highest BCUT2D eigenvalue weighted by atomic mass is 35.5. The Bertz CT molecular complexity index is 656. The summed E-state index contributed by atoms with van der Waals surface area (Å²) in [5.41, 5.74) is 2.08. The van der Waals surface area contributed by atoms with Crippen LogP contribution in [-0.2, 0) is 10.2 Å². The normalized spacial score (nSPS) is 12.1. The number of carbonyl (C=O) groups is 1. The number of nitrogens with one attached hydrogen (secondary N) is 2. The highest BCUT2D eigenvalue weighted by Gasteiger charge is 2.26. The smallest absolute Gasteiger partial charge is 0.223 e. The standard InChI is InChI=1S/C18H25ClN2O/c1-5-12(6-2)17(22)21-11-18(3,4)15-10-20-16-8-7-13(19)9-14(15)16/h7-10,12,20H,5-6,11H2,1-4H3,(H,21,22). The molecule has 1 aromatic carbocycles. The van der Waals surface area contributed by atoms with Gasteiger partial charge in [0.1, 0.15) is 0 Å². The number of fused-ring (bicyclic) bond motifs is 1. The summed E-state index contributed by atoms with van der Waals surface area (Å²) in [6.07, 6.45) is 3.78. The maximum atomic E-state index is 12.2. The minimum Gasteiger partial charge on any atom is -0.361 e. The monoisotopic (exact) mass is 320 g/mol. The number of aromatic nitrogens is 1. The number of hydrogen-bond donors (Lipinski definition) is 2. The van der Waals surface area contributed by atoms with Gasteiger partial charge in [-0.2, -0.15) is 0 Å². The van der Waals surface area contributed by atoms with Gasteiger partial charge in [-0.05, 0) is 36.6 Å². The van der Waals surface area contributed by atoms with Crippen LogP contribution in [0.25, 0.3) is 10.9 Å². The Morgan fingerprint density at radius 1 is 1.32 bits per heavy atom. The molecule has 0 aliphatic rings. The van der Waals surface area contributed by atoms with Crippen LogP contribution in [0.3, 0.4) is 0 Å². The molecule has 0 saturated heterocycles. The third-order valence-electron chi connectivity index (χ3n) is 4.43. The molecule has 2 aromatic rings. The van der Waals surface area contributed by atoms with E-state index in [1.54, 1.807) is 0 Å². The third kappa shape index (κ3) is 3.46. The average molecular weight is 321 g/mol. The van der Waals surface area contributed by atoms with Crippen molar-refractivity contribution in [1.82, 2.24) is 10.3 Å². The van der Waals surface area contributed by atoms with Crippen molar-refractivity contribution in [3.8, 4) is 0 Å². The highest BCUT2D eigenvalue weighted by Crippen LogP contribution is 2.31. The maximum Gasteiger partial charge on any atom is 0.223 e. The maximum absolute atomic E-state index is 12.2. The van der Waals surface area contributed by atoms with Crippen molar-refractivity contribution < 1.29 is 4.79 Å². The summed E-state index contributed by atoms with van der Waals surface area (Å²) in [4.78, 5) is 15.5. The topological polar surface area (TPSA) is 44.9 Å². The van der Waals surface area contributed by atoms with Crippen LogP contribution in [-0.4, -0.2) is 17.4 Å². The lowest BCUT2D eigenvalue weighted by Gasteiger charge is -2.26. The largest absolute Gasteiger partial charge is 0.361 e. The number of amides is 1. The molecule has 0 unspecified atom stereocenters. The quantitative estimate of drug-likeness (QED) is 0.799. The Kier molecular flexibility index (Phi) is 5.17. The van der Waals surface area contributed by atoms with E-state index in [9.17, 15) is 4.79 Å². The molecule has 4 heteroatoms. The van der Waals surface area contributed by atoms with E-state index in [0.29, 0.717) is 6.54 Å². The minimum atomic E-state index is -0.162. The van der Waals surface area contributed by atoms with E-state index in [1.165, 1.54) is 5.56 Å². The summed E-state index contributed by atoms with van der Waals surface area (Å²) in [6.45, 7) is 9.01. The van der Waals surface area contributed by atoms with Gasteiger partial charge in [0.2, 0.25) is 5.91 Å². The van der Waals surface area contributed by atoms with Gasteiger partial charge in [0, 0.05) is 40.0 Å². The molecule has 0 radical (unpaired) electrons. The lowest BCUT2D eigenvalue weighted by atomic mass is 9.84. The molecule has 22 heavy (non-hydrogen) atoms.